The maximum Gasteiger partial charge on any atom is 0.0773 e. The smallest absolute Gasteiger partial charge is 0.0773 e. The quantitative estimate of drug-likeness (QED) is 0.449. The van der Waals surface area contributed by atoms with Crippen LogP contribution in [0.15, 0.2) is 0 Å². The molecule has 0 amide bonds. The third kappa shape index (κ3) is 11.4. The monoisotopic (exact) mass is 271 g/mol. The molecule has 0 aromatic rings. The molecule has 0 bridgehead atoms. The Balaban J connectivity index is 3.19. The first-order valence-electron chi connectivity index (χ1n) is 8.52. The Morgan fingerprint density at radius 2 is 1.26 bits per heavy atom. The van der Waals surface area contributed by atoms with Crippen molar-refractivity contribution in [3.63, 3.8) is 0 Å². The van der Waals surface area contributed by atoms with Crippen molar-refractivity contribution in [3.8, 4) is 0 Å². The molecule has 0 aromatic heterocycles. The summed E-state index contributed by atoms with van der Waals surface area (Å²) in [7, 11) is 0. The van der Waals surface area contributed by atoms with E-state index in [1.54, 1.807) is 0 Å². The highest BCUT2D eigenvalue weighted by molar-refractivity contribution is 4.73. The summed E-state index contributed by atoms with van der Waals surface area (Å²) < 4.78 is 5.87. The molecule has 0 saturated heterocycles. The van der Waals surface area contributed by atoms with Gasteiger partial charge in [0.25, 0.3) is 0 Å². The first kappa shape index (κ1) is 18.9. The van der Waals surface area contributed by atoms with Crippen molar-refractivity contribution in [3.05, 3.63) is 0 Å². The Labute approximate surface area is 121 Å². The Kier molecular flexibility index (Phi) is 12.9. The number of hydrogen-bond acceptors (Lipinski definition) is 2. The molecule has 1 atom stereocenters. The zero-order valence-corrected chi connectivity index (χ0v) is 13.7. The van der Waals surface area contributed by atoms with Gasteiger partial charge >= 0.3 is 0 Å². The van der Waals surface area contributed by atoms with Crippen LogP contribution in [-0.4, -0.2) is 18.8 Å². The molecule has 0 fully saturated rings. The van der Waals surface area contributed by atoms with Crippen LogP contribution in [0.1, 0.15) is 91.4 Å². The lowest BCUT2D eigenvalue weighted by molar-refractivity contribution is -0.0290. The third-order valence-corrected chi connectivity index (χ3v) is 4.13. The van der Waals surface area contributed by atoms with Crippen molar-refractivity contribution < 1.29 is 4.74 Å². The topological polar surface area (TPSA) is 35.2 Å². The normalized spacial score (nSPS) is 14.5. The van der Waals surface area contributed by atoms with Gasteiger partial charge in [0.1, 0.15) is 0 Å². The lowest BCUT2D eigenvalue weighted by Crippen LogP contribution is -2.37. The minimum Gasteiger partial charge on any atom is -0.374 e. The van der Waals surface area contributed by atoms with E-state index in [1.165, 1.54) is 64.2 Å². The van der Waals surface area contributed by atoms with Crippen LogP contribution in [0.5, 0.6) is 0 Å². The van der Waals surface area contributed by atoms with Gasteiger partial charge in [-0.3, -0.25) is 0 Å². The first-order valence-corrected chi connectivity index (χ1v) is 8.52. The van der Waals surface area contributed by atoms with Crippen molar-refractivity contribution in [2.24, 2.45) is 5.73 Å². The Morgan fingerprint density at radius 1 is 0.789 bits per heavy atom. The number of hydrogen-bond donors (Lipinski definition) is 1. The summed E-state index contributed by atoms with van der Waals surface area (Å²) in [5.41, 5.74) is 5.63. The van der Waals surface area contributed by atoms with Crippen LogP contribution >= 0.6 is 0 Å². The second-order valence-corrected chi connectivity index (χ2v) is 6.04. The summed E-state index contributed by atoms with van der Waals surface area (Å²) in [5, 5.41) is 0. The predicted molar refractivity (Wildman–Crippen MR) is 85.5 cm³/mol. The van der Waals surface area contributed by atoms with Crippen LogP contribution in [0.25, 0.3) is 0 Å². The SMILES string of the molecule is CCCCCCCCCCCCOC(C)(CC)CN. The van der Waals surface area contributed by atoms with Crippen LogP contribution < -0.4 is 5.73 Å². The van der Waals surface area contributed by atoms with Crippen LogP contribution in [-0.2, 0) is 4.74 Å². The molecular weight excluding hydrogens is 234 g/mol. The largest absolute Gasteiger partial charge is 0.374 e. The highest BCUT2D eigenvalue weighted by atomic mass is 16.5. The van der Waals surface area contributed by atoms with Crippen LogP contribution in [0.4, 0.5) is 0 Å². The molecule has 0 spiro atoms. The first-order chi connectivity index (χ1) is 9.18. The molecule has 2 nitrogen and oxygen atoms in total. The molecule has 0 saturated carbocycles. The van der Waals surface area contributed by atoms with Gasteiger partial charge in [-0.2, -0.15) is 0 Å². The fourth-order valence-corrected chi connectivity index (χ4v) is 2.21. The number of rotatable bonds is 14. The lowest BCUT2D eigenvalue weighted by Gasteiger charge is -2.26. The minimum atomic E-state index is -0.0979. The summed E-state index contributed by atoms with van der Waals surface area (Å²) >= 11 is 0. The van der Waals surface area contributed by atoms with Gasteiger partial charge in [-0.05, 0) is 19.8 Å². The van der Waals surface area contributed by atoms with E-state index in [-0.39, 0.29) is 5.60 Å². The Hall–Kier alpha value is -0.0800. The molecule has 1 unspecified atom stereocenters. The van der Waals surface area contributed by atoms with Gasteiger partial charge in [-0.1, -0.05) is 71.6 Å². The Morgan fingerprint density at radius 3 is 1.68 bits per heavy atom. The number of nitrogens with two attached hydrogens (primary N) is 1. The van der Waals surface area contributed by atoms with Gasteiger partial charge in [0.15, 0.2) is 0 Å². The second-order valence-electron chi connectivity index (χ2n) is 6.04. The average molecular weight is 271 g/mol. The van der Waals surface area contributed by atoms with E-state index in [2.05, 4.69) is 20.8 Å². The number of unbranched alkanes of at least 4 members (excludes halogenated alkanes) is 9. The fraction of sp³-hybridized carbons (Fsp3) is 1.00. The molecule has 0 rings (SSSR count). The van der Waals surface area contributed by atoms with Gasteiger partial charge < -0.3 is 10.5 Å². The molecule has 0 aliphatic heterocycles. The zero-order chi connectivity index (χ0) is 14.4. The highest BCUT2D eigenvalue weighted by Gasteiger charge is 2.19. The molecule has 2 heteroatoms. The zero-order valence-electron chi connectivity index (χ0n) is 13.7. The molecule has 19 heavy (non-hydrogen) atoms. The van der Waals surface area contributed by atoms with E-state index < -0.39 is 0 Å². The van der Waals surface area contributed by atoms with Crippen LogP contribution in [0.2, 0.25) is 0 Å². The highest BCUT2D eigenvalue weighted by Crippen LogP contribution is 2.15. The van der Waals surface area contributed by atoms with E-state index in [0.29, 0.717) is 6.54 Å². The lowest BCUT2D eigenvalue weighted by atomic mass is 10.0. The van der Waals surface area contributed by atoms with Gasteiger partial charge in [-0.25, -0.2) is 0 Å². The van der Waals surface area contributed by atoms with Gasteiger partial charge in [0.2, 0.25) is 0 Å². The second kappa shape index (κ2) is 12.9. The minimum absolute atomic E-state index is 0.0979. The van der Waals surface area contributed by atoms with E-state index in [4.69, 9.17) is 10.5 Å². The summed E-state index contributed by atoms with van der Waals surface area (Å²) in [6.45, 7) is 8.03. The van der Waals surface area contributed by atoms with E-state index in [9.17, 15) is 0 Å². The van der Waals surface area contributed by atoms with Crippen molar-refractivity contribution in [1.29, 1.82) is 0 Å². The summed E-state index contributed by atoms with van der Waals surface area (Å²) in [4.78, 5) is 0. The summed E-state index contributed by atoms with van der Waals surface area (Å²) in [5.74, 6) is 0. The van der Waals surface area contributed by atoms with Crippen molar-refractivity contribution in [2.75, 3.05) is 13.2 Å². The summed E-state index contributed by atoms with van der Waals surface area (Å²) in [6, 6.07) is 0. The van der Waals surface area contributed by atoms with Gasteiger partial charge in [-0.15, -0.1) is 0 Å². The van der Waals surface area contributed by atoms with Crippen LogP contribution in [0.3, 0.4) is 0 Å². The molecule has 116 valence electrons. The van der Waals surface area contributed by atoms with Crippen molar-refractivity contribution in [1.82, 2.24) is 0 Å². The predicted octanol–water partition coefficient (Wildman–Crippen LogP) is 5.05. The van der Waals surface area contributed by atoms with E-state index in [0.717, 1.165) is 13.0 Å². The summed E-state index contributed by atoms with van der Waals surface area (Å²) in [6.07, 6.45) is 14.7. The Bertz CT molecular complexity index is 178. The van der Waals surface area contributed by atoms with E-state index in [1.807, 2.05) is 0 Å². The van der Waals surface area contributed by atoms with Gasteiger partial charge in [0.05, 0.1) is 5.60 Å². The van der Waals surface area contributed by atoms with Gasteiger partial charge in [0, 0.05) is 13.2 Å². The molecule has 0 heterocycles. The van der Waals surface area contributed by atoms with E-state index >= 15 is 0 Å². The maximum absolute atomic E-state index is 5.87. The molecule has 0 aromatic carbocycles. The molecule has 0 radical (unpaired) electrons. The van der Waals surface area contributed by atoms with Crippen molar-refractivity contribution in [2.45, 2.75) is 97.0 Å². The fourth-order valence-electron chi connectivity index (χ4n) is 2.21. The van der Waals surface area contributed by atoms with Crippen LogP contribution in [0, 0.1) is 0 Å². The average Bonchev–Trinajstić information content (AvgIpc) is 2.44. The standard InChI is InChI=1S/C17H37NO/c1-4-6-7-8-9-10-11-12-13-14-15-19-17(3,5-2)16-18/h4-16,18H2,1-3H3. The molecule has 0 aliphatic rings. The molecule has 0 aliphatic carbocycles. The molecular formula is C17H37NO. The van der Waals surface area contributed by atoms with Crippen molar-refractivity contribution >= 4 is 0 Å². The third-order valence-electron chi connectivity index (χ3n) is 4.13. The number of ether oxygens (including phenoxy) is 1. The molecule has 2 N–H and O–H groups in total. The maximum atomic E-state index is 5.87.